The number of guanidine groups is 1. The van der Waals surface area contributed by atoms with E-state index in [1.54, 1.807) is 23.0 Å². The van der Waals surface area contributed by atoms with Crippen LogP contribution < -0.4 is 20.9 Å². The van der Waals surface area contributed by atoms with Crippen molar-refractivity contribution in [2.45, 2.75) is 58.8 Å². The summed E-state index contributed by atoms with van der Waals surface area (Å²) in [6, 6.07) is 10.8. The Morgan fingerprint density at radius 2 is 1.88 bits per heavy atom. The van der Waals surface area contributed by atoms with Crippen molar-refractivity contribution in [3.8, 4) is 5.75 Å². The highest BCUT2D eigenvalue weighted by Gasteiger charge is 2.56. The fourth-order valence-electron chi connectivity index (χ4n) is 7.14. The Morgan fingerprint density at radius 1 is 1.17 bits per heavy atom. The van der Waals surface area contributed by atoms with Crippen molar-refractivity contribution >= 4 is 28.5 Å². The predicted molar refractivity (Wildman–Crippen MR) is 175 cm³/mol. The van der Waals surface area contributed by atoms with Gasteiger partial charge in [0, 0.05) is 44.5 Å². The summed E-state index contributed by atoms with van der Waals surface area (Å²) in [6.07, 6.45) is -0.675. The molecule has 0 spiro atoms. The fourth-order valence-corrected chi connectivity index (χ4v) is 7.14. The first kappa shape index (κ1) is 35.1. The summed E-state index contributed by atoms with van der Waals surface area (Å²) >= 11 is 0. The van der Waals surface area contributed by atoms with Gasteiger partial charge in [-0.2, -0.15) is 13.2 Å². The van der Waals surface area contributed by atoms with Crippen molar-refractivity contribution in [2.75, 3.05) is 38.6 Å². The molecule has 0 radical (unpaired) electrons. The maximum Gasteiger partial charge on any atom is 0.490 e. The number of carboxylic acids is 1. The first-order chi connectivity index (χ1) is 22.7. The van der Waals surface area contributed by atoms with Gasteiger partial charge in [0.05, 0.1) is 30.4 Å². The van der Waals surface area contributed by atoms with Crippen molar-refractivity contribution in [3.05, 3.63) is 64.5 Å². The zero-order valence-electron chi connectivity index (χ0n) is 27.5. The lowest BCUT2D eigenvalue weighted by Crippen LogP contribution is -2.57. The Balaban J connectivity index is 0.000000582. The van der Waals surface area contributed by atoms with Crippen LogP contribution in [0.1, 0.15) is 39.2 Å². The smallest absolute Gasteiger partial charge is 0.490 e. The van der Waals surface area contributed by atoms with Gasteiger partial charge < -0.3 is 25.4 Å². The molecule has 0 amide bonds. The number of aromatic nitrogens is 2. The van der Waals surface area contributed by atoms with Gasteiger partial charge in [-0.25, -0.2) is 19.2 Å². The lowest BCUT2D eigenvalue weighted by molar-refractivity contribution is -0.192. The summed E-state index contributed by atoms with van der Waals surface area (Å²) in [5.41, 5.74) is 2.32. The standard InChI is InChI=1S/C32H41FN6O2.C2HF3O2/c1-20-26-15-22(32(26,2)3)16-28(20)37-31(38-13-10-34-11-14-38)36-23-6-8-25-29(17-23)35-19-39(30(25)40)12-9-21-5-7-24(41-4)18-27(21)33;3-2(4,5)1(6)7/h5-8,17-20,22,26,28,34H,9-16H2,1-4H3,(H,36,37);(H,6,7)/t20-,22-,26+,28?;/m0./s1. The molecule has 3 aliphatic carbocycles. The summed E-state index contributed by atoms with van der Waals surface area (Å²) in [4.78, 5) is 34.4. The zero-order valence-corrected chi connectivity index (χ0v) is 27.5. The van der Waals surface area contributed by atoms with Crippen LogP contribution in [0, 0.1) is 29.0 Å². The number of halogens is 4. The number of aryl methyl sites for hydroxylation is 2. The molecule has 4 aliphatic rings. The van der Waals surface area contributed by atoms with Crippen molar-refractivity contribution in [3.63, 3.8) is 0 Å². The number of carboxylic acid groups (broad SMARTS) is 1. The number of methoxy groups -OCH3 is 1. The van der Waals surface area contributed by atoms with E-state index in [4.69, 9.17) is 19.6 Å². The van der Waals surface area contributed by atoms with Gasteiger partial charge in [0.2, 0.25) is 0 Å². The van der Waals surface area contributed by atoms with Gasteiger partial charge in [-0.1, -0.05) is 26.8 Å². The van der Waals surface area contributed by atoms with Crippen molar-refractivity contribution in [1.29, 1.82) is 0 Å². The molecule has 2 heterocycles. The number of piperazine rings is 1. The van der Waals surface area contributed by atoms with Crippen LogP contribution in [0.15, 0.2) is 52.5 Å². The fraction of sp³-hybridized carbons (Fsp3) is 0.529. The van der Waals surface area contributed by atoms with Crippen LogP contribution in [0.5, 0.6) is 5.75 Å². The number of aliphatic imine (C=N–C) groups is 1. The minimum atomic E-state index is -5.08. The van der Waals surface area contributed by atoms with E-state index in [-0.39, 0.29) is 11.4 Å². The van der Waals surface area contributed by atoms with Crippen molar-refractivity contribution < 1.29 is 32.2 Å². The van der Waals surface area contributed by atoms with Crippen LogP contribution in [0.25, 0.3) is 10.9 Å². The molecule has 2 aromatic carbocycles. The summed E-state index contributed by atoms with van der Waals surface area (Å²) < 4.78 is 52.8. The van der Waals surface area contributed by atoms with Crippen molar-refractivity contribution in [2.24, 2.45) is 28.2 Å². The van der Waals surface area contributed by atoms with E-state index in [9.17, 15) is 22.4 Å². The number of alkyl halides is 3. The third-order valence-corrected chi connectivity index (χ3v) is 10.2. The second-order valence-corrected chi connectivity index (χ2v) is 13.3. The van der Waals surface area contributed by atoms with E-state index >= 15 is 0 Å². The highest BCUT2D eigenvalue weighted by atomic mass is 19.4. The Morgan fingerprint density at radius 3 is 2.48 bits per heavy atom. The van der Waals surface area contributed by atoms with E-state index in [2.05, 4.69) is 41.3 Å². The minimum absolute atomic E-state index is 0.135. The maximum absolute atomic E-state index is 14.4. The quantitative estimate of drug-likeness (QED) is 0.186. The number of nitrogens with one attached hydrogen (secondary N) is 2. The summed E-state index contributed by atoms with van der Waals surface area (Å²) in [7, 11) is 1.51. The molecule has 3 aromatic rings. The van der Waals surface area contributed by atoms with Crippen LogP contribution in [0.2, 0.25) is 0 Å². The molecular weight excluding hydrogens is 632 g/mol. The molecule has 3 saturated carbocycles. The third kappa shape index (κ3) is 7.58. The van der Waals surface area contributed by atoms with Gasteiger partial charge in [0.1, 0.15) is 11.6 Å². The molecule has 10 nitrogen and oxygen atoms in total. The SMILES string of the molecule is COc1ccc(CCn2cnc3cc(N/C(=N/C4C[C@@H]5C[C@H]([C@@H]4C)C5(C)C)N4CCNCC4)ccc3c2=O)c(F)c1.O=C(O)C(F)(F)F. The first-order valence-electron chi connectivity index (χ1n) is 16.1. The number of benzene rings is 2. The van der Waals surface area contributed by atoms with E-state index in [1.165, 1.54) is 19.6 Å². The summed E-state index contributed by atoms with van der Waals surface area (Å²) in [6.45, 7) is 11.2. The Bertz CT molecular complexity index is 1720. The monoisotopic (exact) mass is 674 g/mol. The number of anilines is 1. The zero-order chi connectivity index (χ0) is 34.8. The lowest BCUT2D eigenvalue weighted by Gasteiger charge is -2.61. The van der Waals surface area contributed by atoms with Crippen LogP contribution in [0.4, 0.5) is 23.2 Å². The van der Waals surface area contributed by atoms with E-state index in [1.807, 2.05) is 18.2 Å². The number of fused-ring (bicyclic) bond motifs is 3. The molecule has 48 heavy (non-hydrogen) atoms. The number of nitrogens with zero attached hydrogens (tertiary/aromatic N) is 4. The number of aliphatic carboxylic acids is 1. The van der Waals surface area contributed by atoms with Gasteiger partial charge >= 0.3 is 12.1 Å². The topological polar surface area (TPSA) is 121 Å². The van der Waals surface area contributed by atoms with Gasteiger partial charge in [-0.05, 0) is 72.3 Å². The number of hydrogen-bond acceptors (Lipinski definition) is 6. The average Bonchev–Trinajstić information content (AvgIpc) is 3.05. The van der Waals surface area contributed by atoms with Crippen LogP contribution in [0.3, 0.4) is 0 Å². The van der Waals surface area contributed by atoms with Crippen LogP contribution >= 0.6 is 0 Å². The molecule has 260 valence electrons. The van der Waals surface area contributed by atoms with E-state index in [0.29, 0.717) is 52.6 Å². The molecule has 4 atom stereocenters. The van der Waals surface area contributed by atoms with E-state index in [0.717, 1.165) is 56.1 Å². The molecule has 7 rings (SSSR count). The molecule has 1 aromatic heterocycles. The summed E-state index contributed by atoms with van der Waals surface area (Å²) in [5.74, 6) is 0.316. The molecule has 4 fully saturated rings. The highest BCUT2D eigenvalue weighted by Crippen LogP contribution is 2.61. The largest absolute Gasteiger partial charge is 0.497 e. The minimum Gasteiger partial charge on any atom is -0.497 e. The molecule has 1 unspecified atom stereocenters. The average molecular weight is 675 g/mol. The normalized spacial score (nSPS) is 23.5. The molecule has 14 heteroatoms. The number of ether oxygens (including phenoxy) is 1. The third-order valence-electron chi connectivity index (χ3n) is 10.2. The number of carbonyl (C=O) groups is 1. The van der Waals surface area contributed by atoms with Crippen molar-refractivity contribution in [1.82, 2.24) is 19.8 Å². The van der Waals surface area contributed by atoms with Crippen LogP contribution in [-0.4, -0.2) is 77.0 Å². The molecule has 3 N–H and O–H groups in total. The second kappa shape index (κ2) is 14.1. The van der Waals surface area contributed by atoms with Gasteiger partial charge in [0.25, 0.3) is 5.56 Å². The van der Waals surface area contributed by atoms with Gasteiger partial charge in [-0.15, -0.1) is 0 Å². The molecule has 1 aliphatic heterocycles. The Hall–Kier alpha value is -4.20. The predicted octanol–water partition coefficient (Wildman–Crippen LogP) is 5.16. The first-order valence-corrected chi connectivity index (χ1v) is 16.1. The maximum atomic E-state index is 14.4. The number of hydrogen-bond donors (Lipinski definition) is 3. The molecule has 2 bridgehead atoms. The van der Waals surface area contributed by atoms with Crippen LogP contribution in [-0.2, 0) is 17.8 Å². The lowest BCUT2D eigenvalue weighted by atomic mass is 9.45. The molecule has 1 saturated heterocycles. The second-order valence-electron chi connectivity index (χ2n) is 13.3. The highest BCUT2D eigenvalue weighted by molar-refractivity contribution is 5.96. The Kier molecular flexibility index (Phi) is 10.3. The summed E-state index contributed by atoms with van der Waals surface area (Å²) in [5, 5.41) is 14.7. The Labute approximate surface area is 276 Å². The van der Waals surface area contributed by atoms with E-state index < -0.39 is 12.1 Å². The molecular formula is C34H42F4N6O4. The number of rotatable bonds is 6. The van der Waals surface area contributed by atoms with Gasteiger partial charge in [0.15, 0.2) is 5.96 Å². The van der Waals surface area contributed by atoms with Gasteiger partial charge in [-0.3, -0.25) is 9.36 Å².